The highest BCUT2D eigenvalue weighted by Gasteiger charge is 2.28. The van der Waals surface area contributed by atoms with Gasteiger partial charge < -0.3 is 9.64 Å². The van der Waals surface area contributed by atoms with E-state index in [1.165, 1.54) is 19.3 Å². The largest absolute Gasteiger partial charge is 0.494 e. The molecule has 0 unspecified atom stereocenters. The molecule has 2 heterocycles. The Morgan fingerprint density at radius 1 is 1.11 bits per heavy atom. The summed E-state index contributed by atoms with van der Waals surface area (Å²) in [6, 6.07) is 0.851. The van der Waals surface area contributed by atoms with Crippen molar-refractivity contribution in [2.75, 3.05) is 38.2 Å². The van der Waals surface area contributed by atoms with Crippen LogP contribution in [0.2, 0.25) is 0 Å². The highest BCUT2D eigenvalue weighted by molar-refractivity contribution is 5.32. The molecule has 98 valence electrons. The molecule has 0 N–H and O–H groups in total. The summed E-state index contributed by atoms with van der Waals surface area (Å²) in [5.74, 6) is 1.54. The van der Waals surface area contributed by atoms with E-state index in [1.807, 2.05) is 0 Å². The average molecular weight is 248 g/mol. The molecule has 0 bridgehead atoms. The zero-order chi connectivity index (χ0) is 12.4. The molecule has 1 aliphatic heterocycles. The fourth-order valence-corrected chi connectivity index (χ4v) is 2.62. The first-order valence-electron chi connectivity index (χ1n) is 6.72. The van der Waals surface area contributed by atoms with E-state index < -0.39 is 0 Å². The van der Waals surface area contributed by atoms with E-state index in [9.17, 15) is 0 Å². The van der Waals surface area contributed by atoms with Gasteiger partial charge in [0.15, 0.2) is 5.75 Å². The average Bonchev–Trinajstić information content (AvgIpc) is 2.38. The van der Waals surface area contributed by atoms with Gasteiger partial charge in [-0.3, -0.25) is 4.90 Å². The highest BCUT2D eigenvalue weighted by Crippen LogP contribution is 2.26. The van der Waals surface area contributed by atoms with Crippen LogP contribution in [0.3, 0.4) is 0 Å². The lowest BCUT2D eigenvalue weighted by atomic mass is 9.91. The van der Waals surface area contributed by atoms with E-state index in [2.05, 4.69) is 19.8 Å². The van der Waals surface area contributed by atoms with Crippen molar-refractivity contribution in [3.8, 4) is 5.75 Å². The summed E-state index contributed by atoms with van der Waals surface area (Å²) >= 11 is 0. The van der Waals surface area contributed by atoms with Crippen LogP contribution >= 0.6 is 0 Å². The molecule has 1 aliphatic carbocycles. The number of piperazine rings is 1. The number of methoxy groups -OCH3 is 1. The van der Waals surface area contributed by atoms with Crippen LogP contribution in [0.1, 0.15) is 19.3 Å². The van der Waals surface area contributed by atoms with Crippen LogP contribution in [0.15, 0.2) is 12.4 Å². The number of rotatable bonds is 3. The zero-order valence-electron chi connectivity index (χ0n) is 10.9. The van der Waals surface area contributed by atoms with Crippen LogP contribution < -0.4 is 9.64 Å². The number of hydrogen-bond donors (Lipinski definition) is 0. The van der Waals surface area contributed by atoms with Gasteiger partial charge in [0, 0.05) is 32.2 Å². The van der Waals surface area contributed by atoms with Gasteiger partial charge in [-0.1, -0.05) is 6.42 Å². The molecule has 5 nitrogen and oxygen atoms in total. The Kier molecular flexibility index (Phi) is 3.32. The Morgan fingerprint density at radius 2 is 1.78 bits per heavy atom. The molecule has 1 saturated carbocycles. The summed E-state index contributed by atoms with van der Waals surface area (Å²) < 4.78 is 5.08. The van der Waals surface area contributed by atoms with Gasteiger partial charge in [-0.05, 0) is 12.8 Å². The molecule has 2 aliphatic rings. The van der Waals surface area contributed by atoms with Crippen molar-refractivity contribution < 1.29 is 4.74 Å². The molecule has 0 spiro atoms. The molecular weight excluding hydrogens is 228 g/mol. The summed E-state index contributed by atoms with van der Waals surface area (Å²) in [7, 11) is 1.63. The number of nitrogens with zero attached hydrogens (tertiary/aromatic N) is 4. The van der Waals surface area contributed by atoms with Gasteiger partial charge in [0.1, 0.15) is 0 Å². The van der Waals surface area contributed by atoms with Crippen molar-refractivity contribution in [1.82, 2.24) is 14.9 Å². The van der Waals surface area contributed by atoms with E-state index >= 15 is 0 Å². The first-order chi connectivity index (χ1) is 8.86. The molecule has 3 rings (SSSR count). The molecular formula is C13H20N4O. The SMILES string of the molecule is COc1cnc(N2CCN(C3CCC3)CC2)nc1. The van der Waals surface area contributed by atoms with Gasteiger partial charge in [-0.25, -0.2) is 9.97 Å². The van der Waals surface area contributed by atoms with E-state index in [0.717, 1.165) is 38.2 Å². The van der Waals surface area contributed by atoms with E-state index in [0.29, 0.717) is 5.75 Å². The van der Waals surface area contributed by atoms with Gasteiger partial charge in [-0.2, -0.15) is 0 Å². The lowest BCUT2D eigenvalue weighted by Gasteiger charge is -2.42. The predicted octanol–water partition coefficient (Wildman–Crippen LogP) is 1.16. The molecule has 1 saturated heterocycles. The number of hydrogen-bond acceptors (Lipinski definition) is 5. The molecule has 0 atom stereocenters. The Balaban J connectivity index is 1.57. The number of anilines is 1. The van der Waals surface area contributed by atoms with Gasteiger partial charge >= 0.3 is 0 Å². The monoisotopic (exact) mass is 248 g/mol. The molecule has 0 radical (unpaired) electrons. The summed E-state index contributed by atoms with van der Waals surface area (Å²) in [6.45, 7) is 4.34. The van der Waals surface area contributed by atoms with Crippen LogP contribution in [0, 0.1) is 0 Å². The first kappa shape index (κ1) is 11.7. The minimum Gasteiger partial charge on any atom is -0.494 e. The molecule has 2 fully saturated rings. The maximum Gasteiger partial charge on any atom is 0.225 e. The third-order valence-electron chi connectivity index (χ3n) is 4.04. The van der Waals surface area contributed by atoms with Crippen molar-refractivity contribution >= 4 is 5.95 Å². The first-order valence-corrected chi connectivity index (χ1v) is 6.72. The van der Waals surface area contributed by atoms with Crippen LogP contribution in [0.4, 0.5) is 5.95 Å². The lowest BCUT2D eigenvalue weighted by Crippen LogP contribution is -2.52. The maximum absolute atomic E-state index is 5.08. The summed E-state index contributed by atoms with van der Waals surface area (Å²) in [4.78, 5) is 13.6. The quantitative estimate of drug-likeness (QED) is 0.803. The standard InChI is InChI=1S/C13H20N4O/c1-18-12-9-14-13(15-10-12)17-7-5-16(6-8-17)11-3-2-4-11/h9-11H,2-8H2,1H3. The fourth-order valence-electron chi connectivity index (χ4n) is 2.62. The molecule has 0 amide bonds. The molecule has 18 heavy (non-hydrogen) atoms. The van der Waals surface area contributed by atoms with E-state index in [-0.39, 0.29) is 0 Å². The predicted molar refractivity (Wildman–Crippen MR) is 70.0 cm³/mol. The topological polar surface area (TPSA) is 41.5 Å². The summed E-state index contributed by atoms with van der Waals surface area (Å²) in [6.07, 6.45) is 7.66. The Hall–Kier alpha value is -1.36. The second-order valence-corrected chi connectivity index (χ2v) is 5.03. The zero-order valence-corrected chi connectivity index (χ0v) is 10.9. The van der Waals surface area contributed by atoms with Gasteiger partial charge in [0.05, 0.1) is 19.5 Å². The third kappa shape index (κ3) is 2.27. The van der Waals surface area contributed by atoms with Crippen molar-refractivity contribution in [3.05, 3.63) is 12.4 Å². The Bertz CT molecular complexity index is 382. The van der Waals surface area contributed by atoms with Crippen LogP contribution in [0.25, 0.3) is 0 Å². The minimum absolute atomic E-state index is 0.715. The third-order valence-corrected chi connectivity index (χ3v) is 4.04. The Morgan fingerprint density at radius 3 is 2.28 bits per heavy atom. The molecule has 0 aromatic carbocycles. The van der Waals surface area contributed by atoms with Gasteiger partial charge in [-0.15, -0.1) is 0 Å². The smallest absolute Gasteiger partial charge is 0.225 e. The maximum atomic E-state index is 5.08. The lowest BCUT2D eigenvalue weighted by molar-refractivity contribution is 0.120. The van der Waals surface area contributed by atoms with E-state index in [1.54, 1.807) is 19.5 Å². The van der Waals surface area contributed by atoms with Crippen LogP contribution in [-0.2, 0) is 0 Å². The van der Waals surface area contributed by atoms with E-state index in [4.69, 9.17) is 4.74 Å². The van der Waals surface area contributed by atoms with Crippen molar-refractivity contribution in [2.45, 2.75) is 25.3 Å². The van der Waals surface area contributed by atoms with Gasteiger partial charge in [0.2, 0.25) is 5.95 Å². The molecule has 1 aromatic heterocycles. The minimum atomic E-state index is 0.715. The van der Waals surface area contributed by atoms with Crippen molar-refractivity contribution in [1.29, 1.82) is 0 Å². The van der Waals surface area contributed by atoms with Crippen LogP contribution in [0.5, 0.6) is 5.75 Å². The van der Waals surface area contributed by atoms with Crippen molar-refractivity contribution in [3.63, 3.8) is 0 Å². The van der Waals surface area contributed by atoms with Gasteiger partial charge in [0.25, 0.3) is 0 Å². The molecule has 5 heteroatoms. The number of ether oxygens (including phenoxy) is 1. The fraction of sp³-hybridized carbons (Fsp3) is 0.692. The summed E-state index contributed by atoms with van der Waals surface area (Å²) in [5.41, 5.74) is 0. The van der Waals surface area contributed by atoms with Crippen LogP contribution in [-0.4, -0.2) is 54.2 Å². The molecule has 1 aromatic rings. The summed E-state index contributed by atoms with van der Waals surface area (Å²) in [5, 5.41) is 0. The Labute approximate surface area is 108 Å². The second-order valence-electron chi connectivity index (χ2n) is 5.03. The second kappa shape index (κ2) is 5.10. The normalized spacial score (nSPS) is 21.7. The number of aromatic nitrogens is 2. The van der Waals surface area contributed by atoms with Crippen molar-refractivity contribution in [2.24, 2.45) is 0 Å². The highest BCUT2D eigenvalue weighted by atomic mass is 16.5.